The summed E-state index contributed by atoms with van der Waals surface area (Å²) in [5, 5.41) is 1.60. The Morgan fingerprint density at radius 1 is 1.25 bits per heavy atom. The predicted octanol–water partition coefficient (Wildman–Crippen LogP) is 3.80. The number of methoxy groups -OCH3 is 1. The number of hydrogen-bond donors (Lipinski definition) is 0. The molecule has 0 saturated heterocycles. The second kappa shape index (κ2) is 5.16. The average Bonchev–Trinajstić information content (AvgIpc) is 2.40. The van der Waals surface area contributed by atoms with Crippen molar-refractivity contribution in [3.05, 3.63) is 46.4 Å². The third-order valence-electron chi connectivity index (χ3n) is 3.37. The molecule has 20 heavy (non-hydrogen) atoms. The zero-order valence-electron chi connectivity index (χ0n) is 12.7. The van der Waals surface area contributed by atoms with Crippen molar-refractivity contribution in [3.63, 3.8) is 0 Å². The number of pyridine rings is 1. The van der Waals surface area contributed by atoms with E-state index in [1.807, 2.05) is 37.4 Å². The van der Waals surface area contributed by atoms with Crippen LogP contribution in [0.2, 0.25) is 0 Å². The number of aromatic nitrogens is 1. The van der Waals surface area contributed by atoms with Gasteiger partial charge in [0.25, 0.3) is 5.56 Å². The van der Waals surface area contributed by atoms with E-state index < -0.39 is 0 Å². The van der Waals surface area contributed by atoms with Gasteiger partial charge < -0.3 is 4.74 Å². The summed E-state index contributed by atoms with van der Waals surface area (Å²) >= 11 is 0. The van der Waals surface area contributed by atoms with Crippen molar-refractivity contribution in [1.82, 2.24) is 4.57 Å². The molecule has 0 atom stereocenters. The van der Waals surface area contributed by atoms with Crippen LogP contribution in [0, 0.1) is 0 Å². The van der Waals surface area contributed by atoms with Gasteiger partial charge in [-0.2, -0.15) is 0 Å². The van der Waals surface area contributed by atoms with Crippen molar-refractivity contribution in [2.45, 2.75) is 33.1 Å². The van der Waals surface area contributed by atoms with E-state index in [0.717, 1.165) is 16.7 Å². The molecule has 0 N–H and O–H groups in total. The van der Waals surface area contributed by atoms with Crippen LogP contribution in [0.4, 0.5) is 0 Å². The molecular formula is C17H21NO2. The van der Waals surface area contributed by atoms with Gasteiger partial charge in [-0.3, -0.25) is 9.36 Å². The highest BCUT2D eigenvalue weighted by molar-refractivity contribution is 5.91. The molecule has 3 nitrogen and oxygen atoms in total. The van der Waals surface area contributed by atoms with Crippen LogP contribution in [-0.2, 0) is 5.41 Å². The van der Waals surface area contributed by atoms with Crippen LogP contribution in [-0.4, -0.2) is 11.7 Å². The maximum atomic E-state index is 12.5. The Morgan fingerprint density at radius 2 is 1.95 bits per heavy atom. The van der Waals surface area contributed by atoms with Crippen LogP contribution >= 0.6 is 0 Å². The van der Waals surface area contributed by atoms with Crippen LogP contribution in [0.1, 0.15) is 33.3 Å². The molecule has 106 valence electrons. The van der Waals surface area contributed by atoms with E-state index in [9.17, 15) is 4.79 Å². The van der Waals surface area contributed by atoms with E-state index in [4.69, 9.17) is 4.74 Å². The van der Waals surface area contributed by atoms with Gasteiger partial charge in [0.05, 0.1) is 12.5 Å². The molecule has 1 aromatic heterocycles. The summed E-state index contributed by atoms with van der Waals surface area (Å²) in [6.45, 7) is 8.31. The van der Waals surface area contributed by atoms with Gasteiger partial charge in [-0.25, -0.2) is 0 Å². The Morgan fingerprint density at radius 3 is 2.50 bits per heavy atom. The minimum Gasteiger partial charge on any atom is -0.496 e. The van der Waals surface area contributed by atoms with E-state index in [1.54, 1.807) is 17.9 Å². The Balaban J connectivity index is 3.01. The SMILES string of the molecule is CC=Cn1cc(C(C)(C)C)c2c(OC)cccc2c1=O. The van der Waals surface area contributed by atoms with Crippen molar-refractivity contribution in [1.29, 1.82) is 0 Å². The van der Waals surface area contributed by atoms with E-state index in [0.29, 0.717) is 5.39 Å². The van der Waals surface area contributed by atoms with E-state index >= 15 is 0 Å². The highest BCUT2D eigenvalue weighted by atomic mass is 16.5. The van der Waals surface area contributed by atoms with Gasteiger partial charge in [0.1, 0.15) is 5.75 Å². The van der Waals surface area contributed by atoms with Crippen molar-refractivity contribution in [2.75, 3.05) is 7.11 Å². The normalized spacial score (nSPS) is 12.2. The fourth-order valence-corrected chi connectivity index (χ4v) is 2.40. The summed E-state index contributed by atoms with van der Waals surface area (Å²) in [5.74, 6) is 0.747. The molecule has 0 aliphatic carbocycles. The summed E-state index contributed by atoms with van der Waals surface area (Å²) in [4.78, 5) is 12.5. The topological polar surface area (TPSA) is 31.2 Å². The quantitative estimate of drug-likeness (QED) is 0.832. The van der Waals surface area contributed by atoms with Crippen LogP contribution in [0.5, 0.6) is 5.75 Å². The van der Waals surface area contributed by atoms with Gasteiger partial charge in [0, 0.05) is 17.8 Å². The fraction of sp³-hybridized carbons (Fsp3) is 0.353. The largest absolute Gasteiger partial charge is 0.496 e. The molecule has 0 saturated carbocycles. The molecule has 0 aliphatic rings. The average molecular weight is 271 g/mol. The molecule has 1 heterocycles. The van der Waals surface area contributed by atoms with Gasteiger partial charge in [-0.1, -0.05) is 32.9 Å². The zero-order chi connectivity index (χ0) is 14.9. The van der Waals surface area contributed by atoms with Crippen LogP contribution in [0.15, 0.2) is 35.3 Å². The maximum absolute atomic E-state index is 12.5. The Hall–Kier alpha value is -2.03. The summed E-state index contributed by atoms with van der Waals surface area (Å²) in [7, 11) is 1.64. The molecule has 2 aromatic rings. The minimum atomic E-state index is -0.0794. The highest BCUT2D eigenvalue weighted by Crippen LogP contribution is 2.34. The van der Waals surface area contributed by atoms with Crippen molar-refractivity contribution in [2.24, 2.45) is 0 Å². The lowest BCUT2D eigenvalue weighted by molar-refractivity contribution is 0.418. The molecular weight excluding hydrogens is 250 g/mol. The Bertz CT molecular complexity index is 718. The number of ether oxygens (including phenoxy) is 1. The number of allylic oxidation sites excluding steroid dienone is 1. The monoisotopic (exact) mass is 271 g/mol. The van der Waals surface area contributed by atoms with Gasteiger partial charge >= 0.3 is 0 Å². The van der Waals surface area contributed by atoms with Crippen molar-refractivity contribution < 1.29 is 4.74 Å². The van der Waals surface area contributed by atoms with Gasteiger partial charge in [0.15, 0.2) is 0 Å². The van der Waals surface area contributed by atoms with Crippen molar-refractivity contribution in [3.8, 4) is 5.75 Å². The Labute approximate surface area is 119 Å². The molecule has 0 spiro atoms. The summed E-state index contributed by atoms with van der Waals surface area (Å²) < 4.78 is 7.09. The summed E-state index contributed by atoms with van der Waals surface area (Å²) in [6, 6.07) is 5.61. The number of fused-ring (bicyclic) bond motifs is 1. The van der Waals surface area contributed by atoms with E-state index in [-0.39, 0.29) is 11.0 Å². The molecule has 3 heteroatoms. The van der Waals surface area contributed by atoms with Gasteiger partial charge in [0.2, 0.25) is 0 Å². The minimum absolute atomic E-state index is 0.0231. The van der Waals surface area contributed by atoms with Gasteiger partial charge in [-0.05, 0) is 30.0 Å². The molecule has 0 unspecified atom stereocenters. The molecule has 0 aliphatic heterocycles. The third kappa shape index (κ3) is 2.36. The predicted molar refractivity (Wildman–Crippen MR) is 84.5 cm³/mol. The fourth-order valence-electron chi connectivity index (χ4n) is 2.40. The van der Waals surface area contributed by atoms with Crippen molar-refractivity contribution >= 4 is 17.0 Å². The van der Waals surface area contributed by atoms with Crippen LogP contribution in [0.25, 0.3) is 17.0 Å². The van der Waals surface area contributed by atoms with E-state index in [2.05, 4.69) is 20.8 Å². The van der Waals surface area contributed by atoms with Gasteiger partial charge in [-0.15, -0.1) is 0 Å². The standard InChI is InChI=1S/C17H21NO2/c1-6-10-18-11-13(17(2,3)4)15-12(16(18)19)8-7-9-14(15)20-5/h6-11H,1-5H3. The number of rotatable bonds is 2. The number of nitrogens with zero attached hydrogens (tertiary/aromatic N) is 1. The van der Waals surface area contributed by atoms with Crippen LogP contribution in [0.3, 0.4) is 0 Å². The zero-order valence-corrected chi connectivity index (χ0v) is 12.7. The highest BCUT2D eigenvalue weighted by Gasteiger charge is 2.21. The second-order valence-electron chi connectivity index (χ2n) is 5.87. The molecule has 0 radical (unpaired) electrons. The lowest BCUT2D eigenvalue weighted by Gasteiger charge is -2.23. The second-order valence-corrected chi connectivity index (χ2v) is 5.87. The first-order valence-electron chi connectivity index (χ1n) is 6.75. The summed E-state index contributed by atoms with van der Waals surface area (Å²) in [6.07, 6.45) is 5.56. The molecule has 2 rings (SSSR count). The lowest BCUT2D eigenvalue weighted by atomic mass is 9.84. The smallest absolute Gasteiger partial charge is 0.262 e. The first-order valence-corrected chi connectivity index (χ1v) is 6.75. The third-order valence-corrected chi connectivity index (χ3v) is 3.37. The lowest BCUT2D eigenvalue weighted by Crippen LogP contribution is -2.21. The first kappa shape index (κ1) is 14.4. The molecule has 0 amide bonds. The molecule has 0 fully saturated rings. The molecule has 1 aromatic carbocycles. The Kier molecular flexibility index (Phi) is 3.71. The maximum Gasteiger partial charge on any atom is 0.262 e. The summed E-state index contributed by atoms with van der Waals surface area (Å²) in [5.41, 5.74) is 0.997. The number of benzene rings is 1. The van der Waals surface area contributed by atoms with E-state index in [1.165, 1.54) is 0 Å². The molecule has 0 bridgehead atoms. The number of hydrogen-bond acceptors (Lipinski definition) is 2. The first-order chi connectivity index (χ1) is 9.40. The van der Waals surface area contributed by atoms with Crippen LogP contribution < -0.4 is 10.3 Å².